The van der Waals surface area contributed by atoms with E-state index in [-0.39, 0.29) is 0 Å². The number of benzene rings is 1. The van der Waals surface area contributed by atoms with E-state index in [0.29, 0.717) is 6.04 Å². The molecule has 0 saturated carbocycles. The molecule has 0 aliphatic carbocycles. The summed E-state index contributed by atoms with van der Waals surface area (Å²) in [7, 11) is 0. The van der Waals surface area contributed by atoms with E-state index >= 15 is 0 Å². The van der Waals surface area contributed by atoms with Crippen molar-refractivity contribution in [1.29, 1.82) is 5.26 Å². The highest BCUT2D eigenvalue weighted by Crippen LogP contribution is 2.32. The number of nitrogens with zero attached hydrogens (tertiary/aromatic N) is 3. The molecule has 1 unspecified atom stereocenters. The molecule has 2 rings (SSSR count). The van der Waals surface area contributed by atoms with Crippen molar-refractivity contribution in [3.05, 3.63) is 48.2 Å². The number of para-hydroxylation sites is 1. The van der Waals surface area contributed by atoms with E-state index in [2.05, 4.69) is 47.7 Å². The number of hydrogen-bond acceptors (Lipinski definition) is 4. The molecule has 1 atom stereocenters. The zero-order valence-electron chi connectivity index (χ0n) is 14.3. The molecule has 1 aliphatic heterocycles. The lowest BCUT2D eigenvalue weighted by Crippen LogP contribution is -2.50. The van der Waals surface area contributed by atoms with Crippen molar-refractivity contribution in [2.45, 2.75) is 26.8 Å². The van der Waals surface area contributed by atoms with Crippen LogP contribution in [0.15, 0.2) is 42.6 Å². The average molecular weight is 310 g/mol. The van der Waals surface area contributed by atoms with Crippen LogP contribution in [-0.2, 0) is 0 Å². The maximum atomic E-state index is 9.52. The first-order chi connectivity index (χ1) is 11.1. The molecule has 0 bridgehead atoms. The zero-order chi connectivity index (χ0) is 16.8. The van der Waals surface area contributed by atoms with Crippen molar-refractivity contribution in [2.75, 3.05) is 31.5 Å². The van der Waals surface area contributed by atoms with Gasteiger partial charge in [-0.15, -0.1) is 0 Å². The minimum Gasteiger partial charge on any atom is -0.365 e. The molecule has 0 amide bonds. The minimum absolute atomic E-state index is 0.374. The molecule has 1 saturated heterocycles. The third-order valence-corrected chi connectivity index (χ3v) is 4.41. The van der Waals surface area contributed by atoms with E-state index in [1.165, 1.54) is 0 Å². The molecule has 0 aromatic heterocycles. The largest absolute Gasteiger partial charge is 0.365 e. The van der Waals surface area contributed by atoms with Crippen LogP contribution in [0.5, 0.6) is 0 Å². The summed E-state index contributed by atoms with van der Waals surface area (Å²) in [6, 6.07) is 10.8. The van der Waals surface area contributed by atoms with Crippen molar-refractivity contribution in [3.63, 3.8) is 0 Å². The molecule has 1 aromatic carbocycles. The van der Waals surface area contributed by atoms with Gasteiger partial charge in [0.25, 0.3) is 0 Å². The Morgan fingerprint density at radius 2 is 2.17 bits per heavy atom. The van der Waals surface area contributed by atoms with Gasteiger partial charge in [-0.3, -0.25) is 4.90 Å². The SMILES string of the molecule is C=CNc1ccccc1/C(=C(\C)C#N)N1CCN(CC)CC1C. The number of allylic oxidation sites excluding steroid dienone is 1. The molecule has 4 heteroatoms. The standard InChI is InChI=1S/C19H26N4/c1-5-21-18-10-8-7-9-17(18)19(15(3)13-20)23-12-11-22(6-2)14-16(23)4/h5,7-10,16,21H,1,6,11-12,14H2,2-4H3/b19-15-. The van der Waals surface area contributed by atoms with Crippen LogP contribution in [0.2, 0.25) is 0 Å². The molecule has 23 heavy (non-hydrogen) atoms. The molecule has 0 radical (unpaired) electrons. The van der Waals surface area contributed by atoms with Crippen LogP contribution in [0.1, 0.15) is 26.3 Å². The first kappa shape index (κ1) is 17.1. The molecule has 1 N–H and O–H groups in total. The molecule has 1 aromatic rings. The van der Waals surface area contributed by atoms with Crippen LogP contribution in [0.4, 0.5) is 5.69 Å². The predicted molar refractivity (Wildman–Crippen MR) is 96.8 cm³/mol. The van der Waals surface area contributed by atoms with Gasteiger partial charge in [0.1, 0.15) is 0 Å². The molecule has 122 valence electrons. The summed E-state index contributed by atoms with van der Waals surface area (Å²) in [5, 5.41) is 12.7. The molecular formula is C19H26N4. The lowest BCUT2D eigenvalue weighted by atomic mass is 10.0. The Bertz CT molecular complexity index is 627. The van der Waals surface area contributed by atoms with Crippen molar-refractivity contribution >= 4 is 11.4 Å². The van der Waals surface area contributed by atoms with Crippen molar-refractivity contribution in [2.24, 2.45) is 0 Å². The summed E-state index contributed by atoms with van der Waals surface area (Å²) >= 11 is 0. The van der Waals surface area contributed by atoms with Crippen molar-refractivity contribution in [1.82, 2.24) is 9.80 Å². The molecule has 4 nitrogen and oxygen atoms in total. The monoisotopic (exact) mass is 310 g/mol. The second kappa shape index (κ2) is 7.85. The third kappa shape index (κ3) is 3.75. The Balaban J connectivity index is 2.45. The summed E-state index contributed by atoms with van der Waals surface area (Å²) in [6.07, 6.45) is 1.68. The Hall–Kier alpha value is -2.25. The lowest BCUT2D eigenvalue weighted by Gasteiger charge is -2.42. The molecule has 1 fully saturated rings. The van der Waals surface area contributed by atoms with E-state index in [0.717, 1.165) is 48.7 Å². The highest BCUT2D eigenvalue weighted by Gasteiger charge is 2.27. The highest BCUT2D eigenvalue weighted by molar-refractivity contribution is 5.79. The summed E-state index contributed by atoms with van der Waals surface area (Å²) in [5.74, 6) is 0. The van der Waals surface area contributed by atoms with Gasteiger partial charge >= 0.3 is 0 Å². The number of piperazine rings is 1. The fourth-order valence-electron chi connectivity index (χ4n) is 3.20. The van der Waals surface area contributed by atoms with Gasteiger partial charge in [0, 0.05) is 36.9 Å². The topological polar surface area (TPSA) is 42.3 Å². The van der Waals surface area contributed by atoms with Gasteiger partial charge in [0.15, 0.2) is 0 Å². The van der Waals surface area contributed by atoms with Gasteiger partial charge < -0.3 is 10.2 Å². The first-order valence-corrected chi connectivity index (χ1v) is 8.19. The number of nitrogens with one attached hydrogen (secondary N) is 1. The van der Waals surface area contributed by atoms with E-state index in [1.807, 2.05) is 25.1 Å². The van der Waals surface area contributed by atoms with E-state index in [1.54, 1.807) is 6.20 Å². The summed E-state index contributed by atoms with van der Waals surface area (Å²) in [6.45, 7) is 14.1. The fraction of sp³-hybridized carbons (Fsp3) is 0.421. The third-order valence-electron chi connectivity index (χ3n) is 4.41. The Morgan fingerprint density at radius 1 is 1.43 bits per heavy atom. The van der Waals surface area contributed by atoms with E-state index in [4.69, 9.17) is 0 Å². The zero-order valence-corrected chi connectivity index (χ0v) is 14.3. The summed E-state index contributed by atoms with van der Waals surface area (Å²) in [4.78, 5) is 4.82. The van der Waals surface area contributed by atoms with Crippen LogP contribution in [0.3, 0.4) is 0 Å². The van der Waals surface area contributed by atoms with Gasteiger partial charge in [0.2, 0.25) is 0 Å². The Morgan fingerprint density at radius 3 is 2.78 bits per heavy atom. The van der Waals surface area contributed by atoms with Crippen LogP contribution in [-0.4, -0.2) is 42.0 Å². The first-order valence-electron chi connectivity index (χ1n) is 8.19. The van der Waals surface area contributed by atoms with Crippen LogP contribution >= 0.6 is 0 Å². The van der Waals surface area contributed by atoms with Crippen molar-refractivity contribution in [3.8, 4) is 6.07 Å². The van der Waals surface area contributed by atoms with Crippen LogP contribution in [0.25, 0.3) is 5.70 Å². The highest BCUT2D eigenvalue weighted by atomic mass is 15.3. The van der Waals surface area contributed by atoms with E-state index < -0.39 is 0 Å². The number of rotatable bonds is 5. The van der Waals surface area contributed by atoms with Gasteiger partial charge in [-0.1, -0.05) is 31.7 Å². The Kier molecular flexibility index (Phi) is 5.84. The predicted octanol–water partition coefficient (Wildman–Crippen LogP) is 3.52. The molecule has 1 aliphatic rings. The average Bonchev–Trinajstić information content (AvgIpc) is 2.57. The minimum atomic E-state index is 0.374. The lowest BCUT2D eigenvalue weighted by molar-refractivity contribution is 0.134. The summed E-state index contributed by atoms with van der Waals surface area (Å²) in [5.41, 5.74) is 3.82. The van der Waals surface area contributed by atoms with Gasteiger partial charge in [-0.05, 0) is 32.7 Å². The van der Waals surface area contributed by atoms with Crippen LogP contribution < -0.4 is 5.32 Å². The fourth-order valence-corrected chi connectivity index (χ4v) is 3.20. The van der Waals surface area contributed by atoms with Crippen LogP contribution in [0, 0.1) is 11.3 Å². The summed E-state index contributed by atoms with van der Waals surface area (Å²) < 4.78 is 0. The van der Waals surface area contributed by atoms with E-state index in [9.17, 15) is 5.26 Å². The maximum absolute atomic E-state index is 9.52. The molecular weight excluding hydrogens is 284 g/mol. The van der Waals surface area contributed by atoms with Crippen molar-refractivity contribution < 1.29 is 0 Å². The normalized spacial score (nSPS) is 19.7. The van der Waals surface area contributed by atoms with Gasteiger partial charge in [0.05, 0.1) is 17.3 Å². The number of anilines is 1. The molecule has 1 heterocycles. The Labute approximate surface area is 139 Å². The molecule has 0 spiro atoms. The second-order valence-corrected chi connectivity index (χ2v) is 5.92. The number of likely N-dealkylation sites (N-methyl/N-ethyl adjacent to an activating group) is 1. The quantitative estimate of drug-likeness (QED) is 0.845. The van der Waals surface area contributed by atoms with Gasteiger partial charge in [-0.2, -0.15) is 5.26 Å². The maximum Gasteiger partial charge on any atom is 0.0966 e. The smallest absolute Gasteiger partial charge is 0.0966 e. The van der Waals surface area contributed by atoms with Gasteiger partial charge in [-0.25, -0.2) is 0 Å². The number of hydrogen-bond donors (Lipinski definition) is 1. The second-order valence-electron chi connectivity index (χ2n) is 5.92. The number of nitriles is 1.